The van der Waals surface area contributed by atoms with Crippen LogP contribution in [0.3, 0.4) is 0 Å². The minimum Gasteiger partial charge on any atom is -0.492 e. The average molecular weight is 426 g/mol. The lowest BCUT2D eigenvalue weighted by Gasteiger charge is -2.36. The van der Waals surface area contributed by atoms with Crippen LogP contribution in [0.5, 0.6) is 5.75 Å². The maximum absolute atomic E-state index is 5.91. The second-order valence-corrected chi connectivity index (χ2v) is 7.22. The van der Waals surface area contributed by atoms with Gasteiger partial charge >= 0.3 is 0 Å². The summed E-state index contributed by atoms with van der Waals surface area (Å²) in [7, 11) is 0. The zero-order chi connectivity index (χ0) is 17.8. The van der Waals surface area contributed by atoms with E-state index in [1.165, 1.54) is 0 Å². The molecule has 2 N–H and O–H groups in total. The van der Waals surface area contributed by atoms with Gasteiger partial charge in [0.1, 0.15) is 24.5 Å². The van der Waals surface area contributed by atoms with Crippen molar-refractivity contribution in [3.63, 3.8) is 0 Å². The third kappa shape index (κ3) is 5.70. The summed E-state index contributed by atoms with van der Waals surface area (Å²) in [4.78, 5) is 13.8. The van der Waals surface area contributed by atoms with Crippen LogP contribution in [-0.2, 0) is 0 Å². The van der Waals surface area contributed by atoms with Crippen molar-refractivity contribution in [2.45, 2.75) is 24.8 Å². The molecule has 1 aromatic carbocycles. The zero-order valence-corrected chi connectivity index (χ0v) is 17.6. The average Bonchev–Trinajstić information content (AvgIpc) is 2.67. The molecule has 4 rings (SSSR count). The molecule has 2 heterocycles. The number of rotatable bonds is 6. The van der Waals surface area contributed by atoms with Crippen LogP contribution in [-0.4, -0.2) is 60.2 Å². The Kier molecular flexibility index (Phi) is 8.76. The number of para-hydroxylation sites is 1. The summed E-state index contributed by atoms with van der Waals surface area (Å²) >= 11 is 0. The summed E-state index contributed by atoms with van der Waals surface area (Å²) in [5.74, 6) is 2.51. The molecule has 0 amide bonds. The van der Waals surface area contributed by atoms with Crippen LogP contribution < -0.4 is 15.4 Å². The molecule has 1 saturated carbocycles. The number of nitrogens with two attached hydrogens (primary N) is 1. The van der Waals surface area contributed by atoms with E-state index in [9.17, 15) is 0 Å². The highest BCUT2D eigenvalue weighted by Crippen LogP contribution is 2.35. The highest BCUT2D eigenvalue weighted by atomic mass is 35.5. The van der Waals surface area contributed by atoms with Gasteiger partial charge in [-0.3, -0.25) is 4.90 Å². The standard InChI is InChI=1S/C20H27N5O.2ClH/c21-17-12-16(13-17)19-14-20(23-15-22-19)25-8-6-24(7-9-25)10-11-26-18-4-2-1-3-5-18;;/h1-5,14-17H,6-13,21H2;2*1H. The lowest BCUT2D eigenvalue weighted by molar-refractivity contribution is 0.200. The van der Waals surface area contributed by atoms with Gasteiger partial charge in [-0.05, 0) is 25.0 Å². The van der Waals surface area contributed by atoms with Gasteiger partial charge in [0.25, 0.3) is 0 Å². The largest absolute Gasteiger partial charge is 0.492 e. The maximum Gasteiger partial charge on any atom is 0.132 e. The first kappa shape index (κ1) is 22.7. The van der Waals surface area contributed by atoms with Gasteiger partial charge in [-0.25, -0.2) is 9.97 Å². The molecule has 0 unspecified atom stereocenters. The second-order valence-electron chi connectivity index (χ2n) is 7.22. The van der Waals surface area contributed by atoms with Gasteiger partial charge in [-0.1, -0.05) is 18.2 Å². The second kappa shape index (κ2) is 10.8. The first-order valence-electron chi connectivity index (χ1n) is 9.50. The number of benzene rings is 1. The Morgan fingerprint density at radius 2 is 1.71 bits per heavy atom. The Balaban J connectivity index is 0.00000140. The number of halogens is 2. The fourth-order valence-electron chi connectivity index (χ4n) is 3.67. The third-order valence-corrected chi connectivity index (χ3v) is 5.38. The minimum atomic E-state index is 0. The van der Waals surface area contributed by atoms with E-state index in [0.29, 0.717) is 12.0 Å². The monoisotopic (exact) mass is 425 g/mol. The van der Waals surface area contributed by atoms with E-state index in [2.05, 4.69) is 25.8 Å². The molecule has 2 aliphatic rings. The highest BCUT2D eigenvalue weighted by molar-refractivity contribution is 5.85. The number of hydrogen-bond donors (Lipinski definition) is 1. The van der Waals surface area contributed by atoms with Crippen LogP contribution in [0, 0.1) is 0 Å². The molecule has 8 heteroatoms. The van der Waals surface area contributed by atoms with E-state index in [0.717, 1.165) is 69.4 Å². The molecule has 28 heavy (non-hydrogen) atoms. The molecular weight excluding hydrogens is 397 g/mol. The molecule has 1 aromatic heterocycles. The van der Waals surface area contributed by atoms with Gasteiger partial charge < -0.3 is 15.4 Å². The molecule has 0 spiro atoms. The van der Waals surface area contributed by atoms with Crippen LogP contribution in [0.2, 0.25) is 0 Å². The number of nitrogens with zero attached hydrogens (tertiary/aromatic N) is 4. The Labute approximate surface area is 179 Å². The van der Waals surface area contributed by atoms with Gasteiger partial charge in [0.15, 0.2) is 0 Å². The number of anilines is 1. The van der Waals surface area contributed by atoms with E-state index in [1.807, 2.05) is 30.3 Å². The van der Waals surface area contributed by atoms with Crippen molar-refractivity contribution in [1.29, 1.82) is 0 Å². The highest BCUT2D eigenvalue weighted by Gasteiger charge is 2.29. The van der Waals surface area contributed by atoms with Crippen molar-refractivity contribution >= 4 is 30.6 Å². The predicted molar refractivity (Wildman–Crippen MR) is 117 cm³/mol. The van der Waals surface area contributed by atoms with Gasteiger partial charge in [-0.15, -0.1) is 24.8 Å². The molecule has 0 atom stereocenters. The van der Waals surface area contributed by atoms with E-state index in [1.54, 1.807) is 6.33 Å². The quantitative estimate of drug-likeness (QED) is 0.766. The lowest BCUT2D eigenvalue weighted by Crippen LogP contribution is -2.47. The van der Waals surface area contributed by atoms with Gasteiger partial charge in [-0.2, -0.15) is 0 Å². The minimum absolute atomic E-state index is 0. The zero-order valence-electron chi connectivity index (χ0n) is 15.9. The molecule has 1 aliphatic carbocycles. The maximum atomic E-state index is 5.91. The smallest absolute Gasteiger partial charge is 0.132 e. The predicted octanol–water partition coefficient (Wildman–Crippen LogP) is 2.73. The Morgan fingerprint density at radius 3 is 2.39 bits per heavy atom. The van der Waals surface area contributed by atoms with Crippen LogP contribution >= 0.6 is 24.8 Å². The summed E-state index contributed by atoms with van der Waals surface area (Å²) in [5, 5.41) is 0. The first-order chi connectivity index (χ1) is 12.8. The number of ether oxygens (including phenoxy) is 1. The molecule has 2 aromatic rings. The van der Waals surface area contributed by atoms with Crippen LogP contribution in [0.25, 0.3) is 0 Å². The summed E-state index contributed by atoms with van der Waals surface area (Å²) in [6.45, 7) is 5.73. The number of piperazine rings is 1. The van der Waals surface area contributed by atoms with Crippen LogP contribution in [0.1, 0.15) is 24.5 Å². The van der Waals surface area contributed by atoms with E-state index < -0.39 is 0 Å². The van der Waals surface area contributed by atoms with Crippen LogP contribution in [0.4, 0.5) is 5.82 Å². The summed E-state index contributed by atoms with van der Waals surface area (Å²) < 4.78 is 5.80. The number of aromatic nitrogens is 2. The molecular formula is C20H29Cl2N5O. The van der Waals surface area contributed by atoms with Gasteiger partial charge in [0.05, 0.1) is 0 Å². The number of hydrogen-bond acceptors (Lipinski definition) is 6. The molecule has 0 radical (unpaired) electrons. The van der Waals surface area contributed by atoms with E-state index >= 15 is 0 Å². The van der Waals surface area contributed by atoms with Crippen LogP contribution in [0.15, 0.2) is 42.7 Å². The van der Waals surface area contributed by atoms with Crippen molar-refractivity contribution in [3.8, 4) is 5.75 Å². The third-order valence-electron chi connectivity index (χ3n) is 5.38. The SMILES string of the molecule is Cl.Cl.NC1CC(c2cc(N3CCN(CCOc4ccccc4)CC3)ncn2)C1. The normalized spacial score (nSPS) is 21.8. The molecule has 1 aliphatic heterocycles. The van der Waals surface area contributed by atoms with Crippen molar-refractivity contribution < 1.29 is 4.74 Å². The van der Waals surface area contributed by atoms with Crippen molar-refractivity contribution in [3.05, 3.63) is 48.4 Å². The molecule has 6 nitrogen and oxygen atoms in total. The fraction of sp³-hybridized carbons (Fsp3) is 0.500. The fourth-order valence-corrected chi connectivity index (χ4v) is 3.67. The summed E-state index contributed by atoms with van der Waals surface area (Å²) in [6, 6.07) is 12.5. The Hall–Kier alpha value is -1.60. The van der Waals surface area contributed by atoms with Crippen molar-refractivity contribution in [2.75, 3.05) is 44.2 Å². The first-order valence-corrected chi connectivity index (χ1v) is 9.50. The Morgan fingerprint density at radius 1 is 1.00 bits per heavy atom. The van der Waals surface area contributed by atoms with Crippen molar-refractivity contribution in [1.82, 2.24) is 14.9 Å². The van der Waals surface area contributed by atoms with Crippen molar-refractivity contribution in [2.24, 2.45) is 5.73 Å². The van der Waals surface area contributed by atoms with Gasteiger partial charge in [0.2, 0.25) is 0 Å². The summed E-state index contributed by atoms with van der Waals surface area (Å²) in [5.41, 5.74) is 7.06. The Bertz CT molecular complexity index is 707. The molecule has 1 saturated heterocycles. The van der Waals surface area contributed by atoms with E-state index in [-0.39, 0.29) is 24.8 Å². The molecule has 0 bridgehead atoms. The van der Waals surface area contributed by atoms with E-state index in [4.69, 9.17) is 10.5 Å². The lowest BCUT2D eigenvalue weighted by atomic mass is 9.78. The van der Waals surface area contributed by atoms with Gasteiger partial charge in [0, 0.05) is 56.4 Å². The molecule has 154 valence electrons. The molecule has 2 fully saturated rings. The summed E-state index contributed by atoms with van der Waals surface area (Å²) in [6.07, 6.45) is 3.80. The topological polar surface area (TPSA) is 67.5 Å².